The molecule has 1 unspecified atom stereocenters. The lowest BCUT2D eigenvalue weighted by molar-refractivity contribution is 0.753. The van der Waals surface area contributed by atoms with Gasteiger partial charge in [0.15, 0.2) is 0 Å². The molecule has 0 aliphatic carbocycles. The fourth-order valence-corrected chi connectivity index (χ4v) is 0.649. The molecule has 0 nitrogen and oxygen atoms in total. The lowest BCUT2D eigenvalue weighted by atomic mass is 10.1. The van der Waals surface area contributed by atoms with E-state index in [4.69, 9.17) is 0 Å². The molecule has 0 aliphatic heterocycles. The van der Waals surface area contributed by atoms with Crippen LogP contribution in [0.15, 0.2) is 18.7 Å². The van der Waals surface area contributed by atoms with Gasteiger partial charge in [0.05, 0.1) is 0 Å². The van der Waals surface area contributed by atoms with Gasteiger partial charge in [0.2, 0.25) is 0 Å². The molecule has 0 aliphatic rings. The van der Waals surface area contributed by atoms with Crippen molar-refractivity contribution < 1.29 is 0 Å². The Balaban J connectivity index is 3.54. The van der Waals surface area contributed by atoms with Crippen LogP contribution in [0, 0.1) is 12.0 Å². The molecular formula is C9H15. The van der Waals surface area contributed by atoms with Crippen molar-refractivity contribution in [1.29, 1.82) is 0 Å². The van der Waals surface area contributed by atoms with E-state index < -0.39 is 0 Å². The molecular weight excluding hydrogens is 108 g/mol. The Morgan fingerprint density at radius 2 is 2.22 bits per heavy atom. The molecule has 0 aromatic carbocycles. The van der Waals surface area contributed by atoms with Crippen LogP contribution in [0.5, 0.6) is 0 Å². The number of rotatable bonds is 4. The Bertz CT molecular complexity index is 90.2. The first kappa shape index (κ1) is 8.48. The predicted molar refractivity (Wildman–Crippen MR) is 42.1 cm³/mol. The number of hydrogen-bond donors (Lipinski definition) is 0. The molecule has 51 valence electrons. The summed E-state index contributed by atoms with van der Waals surface area (Å²) < 4.78 is 0. The van der Waals surface area contributed by atoms with E-state index in [0.717, 1.165) is 12.8 Å². The first-order valence-corrected chi connectivity index (χ1v) is 3.54. The molecule has 0 saturated carbocycles. The summed E-state index contributed by atoms with van der Waals surface area (Å²) in [4.78, 5) is 0. The van der Waals surface area contributed by atoms with Crippen molar-refractivity contribution in [3.8, 4) is 0 Å². The predicted octanol–water partition coefficient (Wildman–Crippen LogP) is 2.97. The van der Waals surface area contributed by atoms with Gasteiger partial charge < -0.3 is 0 Å². The minimum absolute atomic E-state index is 0.463. The van der Waals surface area contributed by atoms with Gasteiger partial charge in [0.1, 0.15) is 0 Å². The monoisotopic (exact) mass is 123 g/mol. The highest BCUT2D eigenvalue weighted by Crippen LogP contribution is 2.03. The maximum absolute atomic E-state index is 3.61. The van der Waals surface area contributed by atoms with Crippen molar-refractivity contribution in [3.05, 3.63) is 24.8 Å². The van der Waals surface area contributed by atoms with Crippen LogP contribution in [0.4, 0.5) is 0 Å². The van der Waals surface area contributed by atoms with E-state index in [9.17, 15) is 0 Å². The molecule has 0 saturated heterocycles. The van der Waals surface area contributed by atoms with Crippen molar-refractivity contribution in [2.75, 3.05) is 0 Å². The van der Waals surface area contributed by atoms with Gasteiger partial charge in [-0.3, -0.25) is 0 Å². The van der Waals surface area contributed by atoms with Gasteiger partial charge in [0.25, 0.3) is 0 Å². The molecule has 0 N–H and O–H groups in total. The van der Waals surface area contributed by atoms with Crippen molar-refractivity contribution in [2.45, 2.75) is 26.7 Å². The summed E-state index contributed by atoms with van der Waals surface area (Å²) in [7, 11) is 0. The molecule has 0 heterocycles. The summed E-state index contributed by atoms with van der Waals surface area (Å²) in [5.41, 5.74) is 0. The molecule has 0 amide bonds. The van der Waals surface area contributed by atoms with Gasteiger partial charge in [-0.25, -0.2) is 0 Å². The Hall–Kier alpha value is -0.520. The molecule has 1 radical (unpaired) electrons. The largest absolute Gasteiger partial charge is 0.0950 e. The molecule has 0 aromatic heterocycles. The summed E-state index contributed by atoms with van der Waals surface area (Å²) in [6.07, 6.45) is 9.49. The van der Waals surface area contributed by atoms with Gasteiger partial charge in [-0.2, -0.15) is 0 Å². The lowest BCUT2D eigenvalue weighted by Crippen LogP contribution is -1.86. The SMILES string of the molecule is C=[C]C(C=CCC)CC. The van der Waals surface area contributed by atoms with E-state index in [1.54, 1.807) is 0 Å². The van der Waals surface area contributed by atoms with Gasteiger partial charge in [0, 0.05) is 5.92 Å². The maximum atomic E-state index is 3.61. The van der Waals surface area contributed by atoms with Crippen molar-refractivity contribution in [2.24, 2.45) is 5.92 Å². The Morgan fingerprint density at radius 1 is 1.56 bits per heavy atom. The minimum Gasteiger partial charge on any atom is -0.0950 e. The topological polar surface area (TPSA) is 0 Å². The molecule has 0 bridgehead atoms. The van der Waals surface area contributed by atoms with Crippen LogP contribution in [0.2, 0.25) is 0 Å². The van der Waals surface area contributed by atoms with Gasteiger partial charge in [-0.05, 0) is 18.9 Å². The molecule has 0 heteroatoms. The molecule has 0 fully saturated rings. The molecule has 0 spiro atoms. The van der Waals surface area contributed by atoms with Crippen LogP contribution in [0.3, 0.4) is 0 Å². The third-order valence-electron chi connectivity index (χ3n) is 1.31. The zero-order chi connectivity index (χ0) is 7.11. The van der Waals surface area contributed by atoms with E-state index in [-0.39, 0.29) is 0 Å². The summed E-state index contributed by atoms with van der Waals surface area (Å²) in [6, 6.07) is 0. The normalized spacial score (nSPS) is 14.0. The van der Waals surface area contributed by atoms with Gasteiger partial charge in [-0.15, -0.1) is 0 Å². The van der Waals surface area contributed by atoms with Crippen LogP contribution >= 0.6 is 0 Å². The van der Waals surface area contributed by atoms with Crippen LogP contribution in [0.25, 0.3) is 0 Å². The second-order valence-electron chi connectivity index (χ2n) is 2.06. The quantitative estimate of drug-likeness (QED) is 0.504. The fraction of sp³-hybridized carbons (Fsp3) is 0.556. The van der Waals surface area contributed by atoms with Crippen molar-refractivity contribution in [3.63, 3.8) is 0 Å². The molecule has 9 heavy (non-hydrogen) atoms. The summed E-state index contributed by atoms with van der Waals surface area (Å²) in [5.74, 6) is 0.463. The minimum atomic E-state index is 0.463. The zero-order valence-corrected chi connectivity index (χ0v) is 6.35. The second kappa shape index (κ2) is 5.61. The average molecular weight is 123 g/mol. The first-order chi connectivity index (χ1) is 4.35. The highest BCUT2D eigenvalue weighted by Gasteiger charge is 1.91. The van der Waals surface area contributed by atoms with Crippen LogP contribution in [-0.4, -0.2) is 0 Å². The Kier molecular flexibility index (Phi) is 5.29. The van der Waals surface area contributed by atoms with Crippen LogP contribution < -0.4 is 0 Å². The summed E-state index contributed by atoms with van der Waals surface area (Å²) in [6.45, 7) is 7.88. The van der Waals surface area contributed by atoms with Gasteiger partial charge in [-0.1, -0.05) is 32.6 Å². The smallest absolute Gasteiger partial charge is 0.00122 e. The van der Waals surface area contributed by atoms with Crippen molar-refractivity contribution >= 4 is 0 Å². The average Bonchev–Trinajstić information content (AvgIpc) is 1.91. The lowest BCUT2D eigenvalue weighted by Gasteiger charge is -1.98. The molecule has 0 rings (SSSR count). The van der Waals surface area contributed by atoms with Gasteiger partial charge >= 0.3 is 0 Å². The van der Waals surface area contributed by atoms with E-state index in [1.807, 2.05) is 0 Å². The third-order valence-corrected chi connectivity index (χ3v) is 1.31. The van der Waals surface area contributed by atoms with E-state index >= 15 is 0 Å². The highest BCUT2D eigenvalue weighted by atomic mass is 14.0. The zero-order valence-electron chi connectivity index (χ0n) is 6.35. The number of allylic oxidation sites excluding steroid dienone is 3. The van der Waals surface area contributed by atoms with E-state index in [0.29, 0.717) is 5.92 Å². The third kappa shape index (κ3) is 4.01. The Labute approximate surface area is 58.3 Å². The fourth-order valence-electron chi connectivity index (χ4n) is 0.649. The highest BCUT2D eigenvalue weighted by molar-refractivity contribution is 4.91. The van der Waals surface area contributed by atoms with Crippen LogP contribution in [-0.2, 0) is 0 Å². The van der Waals surface area contributed by atoms with E-state index in [2.05, 4.69) is 38.7 Å². The summed E-state index contributed by atoms with van der Waals surface area (Å²) >= 11 is 0. The standard InChI is InChI=1S/C9H15/c1-4-7-8-9(5-2)6-3/h7-9H,2,4,6H2,1,3H3. The Morgan fingerprint density at radius 3 is 2.56 bits per heavy atom. The van der Waals surface area contributed by atoms with Crippen LogP contribution in [0.1, 0.15) is 26.7 Å². The van der Waals surface area contributed by atoms with Crippen molar-refractivity contribution in [1.82, 2.24) is 0 Å². The van der Waals surface area contributed by atoms with E-state index in [1.165, 1.54) is 0 Å². The first-order valence-electron chi connectivity index (χ1n) is 3.54. The molecule has 0 aromatic rings. The second-order valence-corrected chi connectivity index (χ2v) is 2.06. The molecule has 1 atom stereocenters. The number of hydrogen-bond acceptors (Lipinski definition) is 0. The maximum Gasteiger partial charge on any atom is 0.00122 e. The summed E-state index contributed by atoms with van der Waals surface area (Å²) in [5, 5.41) is 0.